The first-order chi connectivity index (χ1) is 13.9. The predicted molar refractivity (Wildman–Crippen MR) is 115 cm³/mol. The summed E-state index contributed by atoms with van der Waals surface area (Å²) in [6, 6.07) is 19.8. The molecule has 0 heterocycles. The number of nitriles is 1. The lowest BCUT2D eigenvalue weighted by atomic mass is 9.66. The molecule has 2 aromatic rings. The molecular weight excluding hydrogens is 378 g/mol. The Morgan fingerprint density at radius 2 is 1.47 bits per heavy atom. The van der Waals surface area contributed by atoms with Gasteiger partial charge in [0.25, 0.3) is 0 Å². The van der Waals surface area contributed by atoms with Crippen molar-refractivity contribution in [3.63, 3.8) is 0 Å². The van der Waals surface area contributed by atoms with Crippen LogP contribution in [-0.2, 0) is 19.7 Å². The van der Waals surface area contributed by atoms with E-state index in [1.54, 1.807) is 75.4 Å². The molecule has 0 saturated heterocycles. The van der Waals surface area contributed by atoms with Crippen molar-refractivity contribution in [3.8, 4) is 6.07 Å². The second-order valence-corrected chi connectivity index (χ2v) is 8.94. The second kappa shape index (κ2) is 8.81. The van der Waals surface area contributed by atoms with Gasteiger partial charge in [0.15, 0.2) is 11.2 Å². The molecule has 0 aliphatic carbocycles. The standard InChI is InChI=1S/C25H29NO4/c1-23(2,3)30-22(28)25(17-26,19-14-10-7-11-15-19)20(16-21(27)24(4,5)29)18-12-8-6-9-13-18/h6-15,20,29H,16H2,1-5H3/t20-,25-/m1/s1. The Kier molecular flexibility index (Phi) is 6.84. The molecule has 0 saturated carbocycles. The number of esters is 1. The minimum atomic E-state index is -1.77. The summed E-state index contributed by atoms with van der Waals surface area (Å²) in [7, 11) is 0. The molecular formula is C25H29NO4. The van der Waals surface area contributed by atoms with Crippen molar-refractivity contribution < 1.29 is 19.4 Å². The summed E-state index contributed by atoms with van der Waals surface area (Å²) >= 11 is 0. The first-order valence-corrected chi connectivity index (χ1v) is 9.92. The Bertz CT molecular complexity index is 918. The van der Waals surface area contributed by atoms with Gasteiger partial charge in [-0.05, 0) is 45.7 Å². The van der Waals surface area contributed by atoms with E-state index in [-0.39, 0.29) is 6.42 Å². The average molecular weight is 408 g/mol. The summed E-state index contributed by atoms with van der Waals surface area (Å²) < 4.78 is 5.68. The van der Waals surface area contributed by atoms with Crippen molar-refractivity contribution in [2.45, 2.75) is 63.6 Å². The lowest BCUT2D eigenvalue weighted by molar-refractivity contribution is -0.161. The number of carbonyl (C=O) groups excluding carboxylic acids is 2. The van der Waals surface area contributed by atoms with Crippen LogP contribution in [0.25, 0.3) is 0 Å². The number of ketones is 1. The van der Waals surface area contributed by atoms with Crippen LogP contribution in [0.3, 0.4) is 0 Å². The van der Waals surface area contributed by atoms with Gasteiger partial charge in [-0.25, -0.2) is 4.79 Å². The van der Waals surface area contributed by atoms with Gasteiger partial charge in [-0.3, -0.25) is 4.79 Å². The van der Waals surface area contributed by atoms with Crippen molar-refractivity contribution in [3.05, 3.63) is 71.8 Å². The number of nitrogens with zero attached hydrogens (tertiary/aromatic N) is 1. The quantitative estimate of drug-likeness (QED) is 0.691. The number of benzene rings is 2. The van der Waals surface area contributed by atoms with Gasteiger partial charge in [-0.1, -0.05) is 60.7 Å². The molecule has 0 aromatic heterocycles. The highest BCUT2D eigenvalue weighted by atomic mass is 16.6. The molecule has 0 bridgehead atoms. The third-order valence-corrected chi connectivity index (χ3v) is 4.92. The Hall–Kier alpha value is -2.97. The summed E-state index contributed by atoms with van der Waals surface area (Å²) in [5, 5.41) is 20.7. The van der Waals surface area contributed by atoms with Crippen LogP contribution < -0.4 is 0 Å². The molecule has 0 fully saturated rings. The summed E-state index contributed by atoms with van der Waals surface area (Å²) in [5.41, 5.74) is -3.10. The zero-order valence-electron chi connectivity index (χ0n) is 18.2. The average Bonchev–Trinajstić information content (AvgIpc) is 2.67. The lowest BCUT2D eigenvalue weighted by Crippen LogP contribution is -2.46. The Balaban J connectivity index is 2.76. The number of hydrogen-bond acceptors (Lipinski definition) is 5. The number of hydrogen-bond donors (Lipinski definition) is 1. The van der Waals surface area contributed by atoms with Crippen LogP contribution in [0.15, 0.2) is 60.7 Å². The normalized spacial score (nSPS) is 14.8. The van der Waals surface area contributed by atoms with Crippen molar-refractivity contribution in [1.29, 1.82) is 5.26 Å². The van der Waals surface area contributed by atoms with Crippen LogP contribution >= 0.6 is 0 Å². The summed E-state index contributed by atoms with van der Waals surface area (Å²) in [5.74, 6) is -2.03. The molecule has 0 unspecified atom stereocenters. The highest BCUT2D eigenvalue weighted by molar-refractivity contribution is 5.92. The molecule has 158 valence electrons. The zero-order chi connectivity index (χ0) is 22.6. The van der Waals surface area contributed by atoms with Gasteiger partial charge in [-0.2, -0.15) is 5.26 Å². The topological polar surface area (TPSA) is 87.4 Å². The van der Waals surface area contributed by atoms with Crippen molar-refractivity contribution in [2.75, 3.05) is 0 Å². The van der Waals surface area contributed by atoms with E-state index in [4.69, 9.17) is 4.74 Å². The van der Waals surface area contributed by atoms with Gasteiger partial charge in [0.2, 0.25) is 0 Å². The maximum absolute atomic E-state index is 13.5. The number of aliphatic hydroxyl groups is 1. The monoisotopic (exact) mass is 407 g/mol. The van der Waals surface area contributed by atoms with E-state index < -0.39 is 34.3 Å². The van der Waals surface area contributed by atoms with Crippen LogP contribution in [0.4, 0.5) is 0 Å². The molecule has 0 amide bonds. The van der Waals surface area contributed by atoms with Crippen molar-refractivity contribution in [1.82, 2.24) is 0 Å². The van der Waals surface area contributed by atoms with E-state index in [1.807, 2.05) is 6.07 Å². The van der Waals surface area contributed by atoms with Crippen molar-refractivity contribution in [2.24, 2.45) is 0 Å². The lowest BCUT2D eigenvalue weighted by Gasteiger charge is -2.36. The number of ether oxygens (including phenoxy) is 1. The summed E-state index contributed by atoms with van der Waals surface area (Å²) in [6.45, 7) is 8.01. The zero-order valence-corrected chi connectivity index (χ0v) is 18.2. The number of Topliss-reactive ketones (excluding diaryl/α,β-unsaturated/α-hetero) is 1. The molecule has 0 radical (unpaired) electrons. The van der Waals surface area contributed by atoms with E-state index in [0.717, 1.165) is 0 Å². The fourth-order valence-corrected chi connectivity index (χ4v) is 3.35. The van der Waals surface area contributed by atoms with E-state index in [2.05, 4.69) is 6.07 Å². The minimum Gasteiger partial charge on any atom is -0.459 e. The van der Waals surface area contributed by atoms with E-state index in [9.17, 15) is 20.0 Å². The maximum Gasteiger partial charge on any atom is 0.332 e. The Morgan fingerprint density at radius 3 is 1.90 bits per heavy atom. The van der Waals surface area contributed by atoms with Crippen LogP contribution in [0.5, 0.6) is 0 Å². The van der Waals surface area contributed by atoms with Crippen LogP contribution in [0.1, 0.15) is 58.1 Å². The smallest absolute Gasteiger partial charge is 0.332 e. The SMILES string of the molecule is CC(C)(C)OC(=O)[C@](C#N)(c1ccccc1)[C@H](CC(=O)C(C)(C)O)c1ccccc1. The molecule has 0 aliphatic heterocycles. The molecule has 5 heteroatoms. The van der Waals surface area contributed by atoms with Gasteiger partial charge in [0.1, 0.15) is 11.2 Å². The fourth-order valence-electron chi connectivity index (χ4n) is 3.35. The third kappa shape index (κ3) is 5.14. The molecule has 0 aliphatic rings. The molecule has 0 spiro atoms. The molecule has 1 N–H and O–H groups in total. The second-order valence-electron chi connectivity index (χ2n) is 8.94. The van der Waals surface area contributed by atoms with Gasteiger partial charge in [-0.15, -0.1) is 0 Å². The van der Waals surface area contributed by atoms with Gasteiger partial charge in [0, 0.05) is 12.3 Å². The van der Waals surface area contributed by atoms with E-state index in [1.165, 1.54) is 13.8 Å². The van der Waals surface area contributed by atoms with Gasteiger partial charge < -0.3 is 9.84 Å². The predicted octanol–water partition coefficient (Wildman–Crippen LogP) is 4.30. The van der Waals surface area contributed by atoms with Gasteiger partial charge in [0.05, 0.1) is 6.07 Å². The first kappa shape index (κ1) is 23.3. The number of carbonyl (C=O) groups is 2. The first-order valence-electron chi connectivity index (χ1n) is 9.92. The fraction of sp³-hybridized carbons (Fsp3) is 0.400. The van der Waals surface area contributed by atoms with Gasteiger partial charge >= 0.3 is 5.97 Å². The largest absolute Gasteiger partial charge is 0.459 e. The number of rotatable bonds is 7. The summed E-state index contributed by atoms with van der Waals surface area (Å²) in [4.78, 5) is 26.4. The van der Waals surface area contributed by atoms with E-state index >= 15 is 0 Å². The van der Waals surface area contributed by atoms with Crippen LogP contribution in [-0.4, -0.2) is 28.1 Å². The molecule has 2 rings (SSSR count). The molecule has 2 aromatic carbocycles. The summed E-state index contributed by atoms with van der Waals surface area (Å²) in [6.07, 6.45) is -0.199. The molecule has 30 heavy (non-hydrogen) atoms. The minimum absolute atomic E-state index is 0.199. The maximum atomic E-state index is 13.5. The van der Waals surface area contributed by atoms with Crippen molar-refractivity contribution >= 4 is 11.8 Å². The molecule has 5 nitrogen and oxygen atoms in total. The molecule has 2 atom stereocenters. The highest BCUT2D eigenvalue weighted by Crippen LogP contribution is 2.44. The highest BCUT2D eigenvalue weighted by Gasteiger charge is 2.52. The Morgan fingerprint density at radius 1 is 0.967 bits per heavy atom. The Labute approximate surface area is 178 Å². The van der Waals surface area contributed by atoms with E-state index in [0.29, 0.717) is 11.1 Å². The third-order valence-electron chi connectivity index (χ3n) is 4.92. The van der Waals surface area contributed by atoms with Crippen LogP contribution in [0.2, 0.25) is 0 Å². The van der Waals surface area contributed by atoms with Crippen LogP contribution in [0, 0.1) is 11.3 Å².